The molecule has 0 heterocycles. The predicted molar refractivity (Wildman–Crippen MR) is 101 cm³/mol. The number of hydrogen-bond donors (Lipinski definition) is 2. The van der Waals surface area contributed by atoms with E-state index in [1.54, 1.807) is 12.1 Å². The van der Waals surface area contributed by atoms with Gasteiger partial charge in [0.05, 0.1) is 11.5 Å². The van der Waals surface area contributed by atoms with Gasteiger partial charge in [0.2, 0.25) is 15.9 Å². The van der Waals surface area contributed by atoms with Gasteiger partial charge >= 0.3 is 0 Å². The van der Waals surface area contributed by atoms with Gasteiger partial charge in [0.1, 0.15) is 5.75 Å². The largest absolute Gasteiger partial charge is 0.494 e. The van der Waals surface area contributed by atoms with E-state index in [4.69, 9.17) is 16.3 Å². The van der Waals surface area contributed by atoms with E-state index < -0.39 is 10.0 Å². The molecule has 2 aromatic rings. The van der Waals surface area contributed by atoms with Gasteiger partial charge in [0.25, 0.3) is 0 Å². The van der Waals surface area contributed by atoms with Crippen LogP contribution in [0, 0.1) is 0 Å². The Bertz CT molecular complexity index is 813. The van der Waals surface area contributed by atoms with Gasteiger partial charge in [-0.25, -0.2) is 13.1 Å². The molecule has 140 valence electrons. The quantitative estimate of drug-likeness (QED) is 0.604. The van der Waals surface area contributed by atoms with Crippen molar-refractivity contribution >= 4 is 27.5 Å². The first-order valence-electron chi connectivity index (χ1n) is 8.17. The van der Waals surface area contributed by atoms with Gasteiger partial charge in [-0.3, -0.25) is 4.79 Å². The average molecular weight is 397 g/mol. The van der Waals surface area contributed by atoms with E-state index in [2.05, 4.69) is 10.0 Å². The molecule has 0 aliphatic carbocycles. The molecule has 0 aromatic heterocycles. The SMILES string of the molecule is O=C(CCCOc1ccccc1)NCCNS(=O)(=O)c1cccc(Cl)c1. The van der Waals surface area contributed by atoms with Crippen LogP contribution in [-0.2, 0) is 14.8 Å². The number of benzene rings is 2. The van der Waals surface area contributed by atoms with E-state index in [9.17, 15) is 13.2 Å². The number of rotatable bonds is 10. The van der Waals surface area contributed by atoms with Crippen molar-refractivity contribution in [2.24, 2.45) is 0 Å². The lowest BCUT2D eigenvalue weighted by molar-refractivity contribution is -0.121. The maximum absolute atomic E-state index is 12.1. The highest BCUT2D eigenvalue weighted by molar-refractivity contribution is 7.89. The number of para-hydroxylation sites is 1. The summed E-state index contributed by atoms with van der Waals surface area (Å²) in [6.07, 6.45) is 0.892. The molecular formula is C18H21ClN2O4S. The fraction of sp³-hybridized carbons (Fsp3) is 0.278. The highest BCUT2D eigenvalue weighted by atomic mass is 35.5. The van der Waals surface area contributed by atoms with Crippen molar-refractivity contribution in [2.75, 3.05) is 19.7 Å². The maximum Gasteiger partial charge on any atom is 0.240 e. The third-order valence-electron chi connectivity index (χ3n) is 3.41. The molecule has 26 heavy (non-hydrogen) atoms. The molecule has 0 saturated heterocycles. The van der Waals surface area contributed by atoms with E-state index in [-0.39, 0.29) is 23.9 Å². The van der Waals surface area contributed by atoms with Crippen LogP contribution in [0.4, 0.5) is 0 Å². The van der Waals surface area contributed by atoms with Gasteiger partial charge in [-0.2, -0.15) is 0 Å². The Morgan fingerprint density at radius 2 is 1.81 bits per heavy atom. The van der Waals surface area contributed by atoms with Crippen molar-refractivity contribution in [3.63, 3.8) is 0 Å². The van der Waals surface area contributed by atoms with Crippen molar-refractivity contribution in [3.8, 4) is 5.75 Å². The van der Waals surface area contributed by atoms with Crippen LogP contribution in [0.15, 0.2) is 59.5 Å². The summed E-state index contributed by atoms with van der Waals surface area (Å²) >= 11 is 5.79. The van der Waals surface area contributed by atoms with Crippen LogP contribution in [0.25, 0.3) is 0 Å². The molecule has 1 amide bonds. The van der Waals surface area contributed by atoms with Crippen LogP contribution >= 0.6 is 11.6 Å². The molecule has 0 fully saturated rings. The number of sulfonamides is 1. The fourth-order valence-electron chi connectivity index (χ4n) is 2.13. The normalized spacial score (nSPS) is 11.1. The maximum atomic E-state index is 12.1. The Kier molecular flexibility index (Phi) is 7.90. The van der Waals surface area contributed by atoms with Crippen LogP contribution in [0.3, 0.4) is 0 Å². The number of hydrogen-bond acceptors (Lipinski definition) is 4. The summed E-state index contributed by atoms with van der Waals surface area (Å²) in [7, 11) is -3.64. The first-order valence-corrected chi connectivity index (χ1v) is 10.0. The number of halogens is 1. The van der Waals surface area contributed by atoms with Gasteiger partial charge in [-0.15, -0.1) is 0 Å². The number of amides is 1. The van der Waals surface area contributed by atoms with Crippen LogP contribution in [-0.4, -0.2) is 34.0 Å². The number of ether oxygens (including phenoxy) is 1. The molecule has 0 atom stereocenters. The second-order valence-corrected chi connectivity index (χ2v) is 7.67. The minimum Gasteiger partial charge on any atom is -0.494 e. The van der Waals surface area contributed by atoms with Crippen molar-refractivity contribution in [3.05, 3.63) is 59.6 Å². The molecule has 0 spiro atoms. The Balaban J connectivity index is 1.61. The molecule has 2 N–H and O–H groups in total. The molecule has 0 saturated carbocycles. The Morgan fingerprint density at radius 1 is 1.04 bits per heavy atom. The number of carbonyl (C=O) groups excluding carboxylic acids is 1. The zero-order chi connectivity index (χ0) is 18.8. The zero-order valence-electron chi connectivity index (χ0n) is 14.2. The molecule has 0 aliphatic heterocycles. The first-order chi connectivity index (χ1) is 12.5. The topological polar surface area (TPSA) is 84.5 Å². The van der Waals surface area contributed by atoms with E-state index >= 15 is 0 Å². The summed E-state index contributed by atoms with van der Waals surface area (Å²) in [5, 5.41) is 3.02. The summed E-state index contributed by atoms with van der Waals surface area (Å²) < 4.78 is 32.1. The molecule has 0 radical (unpaired) electrons. The number of nitrogens with one attached hydrogen (secondary N) is 2. The lowest BCUT2D eigenvalue weighted by Gasteiger charge is -2.09. The second kappa shape index (κ2) is 10.2. The molecule has 8 heteroatoms. The Labute approximate surface area is 158 Å². The zero-order valence-corrected chi connectivity index (χ0v) is 15.7. The second-order valence-electron chi connectivity index (χ2n) is 5.47. The van der Waals surface area contributed by atoms with Crippen molar-refractivity contribution in [1.82, 2.24) is 10.0 Å². The van der Waals surface area contributed by atoms with Crippen LogP contribution in [0.5, 0.6) is 5.75 Å². The van der Waals surface area contributed by atoms with E-state index in [0.29, 0.717) is 24.5 Å². The molecule has 2 rings (SSSR count). The lowest BCUT2D eigenvalue weighted by atomic mass is 10.3. The third-order valence-corrected chi connectivity index (χ3v) is 5.10. The van der Waals surface area contributed by atoms with Crippen molar-refractivity contribution in [2.45, 2.75) is 17.7 Å². The number of carbonyl (C=O) groups is 1. The van der Waals surface area contributed by atoms with Gasteiger partial charge in [-0.1, -0.05) is 35.9 Å². The average Bonchev–Trinajstić information content (AvgIpc) is 2.63. The smallest absolute Gasteiger partial charge is 0.240 e. The predicted octanol–water partition coefficient (Wildman–Crippen LogP) is 2.59. The third kappa shape index (κ3) is 7.03. The van der Waals surface area contributed by atoms with Gasteiger partial charge < -0.3 is 10.1 Å². The Morgan fingerprint density at radius 3 is 2.54 bits per heavy atom. The molecular weight excluding hydrogens is 376 g/mol. The first kappa shape index (κ1) is 20.2. The van der Waals surface area contributed by atoms with Gasteiger partial charge in [0, 0.05) is 24.5 Å². The summed E-state index contributed by atoms with van der Waals surface area (Å²) in [4.78, 5) is 11.8. The molecule has 0 unspecified atom stereocenters. The molecule has 0 bridgehead atoms. The minimum absolute atomic E-state index is 0.0920. The molecule has 6 nitrogen and oxygen atoms in total. The molecule has 0 aliphatic rings. The summed E-state index contributed by atoms with van der Waals surface area (Å²) in [6, 6.07) is 15.4. The summed E-state index contributed by atoms with van der Waals surface area (Å²) in [5.41, 5.74) is 0. The standard InChI is InChI=1S/C18H21ClN2O4S/c19-15-6-4-9-17(14-15)26(23,24)21-12-11-20-18(22)10-5-13-25-16-7-2-1-3-8-16/h1-4,6-9,14,21H,5,10-13H2,(H,20,22). The molecule has 2 aromatic carbocycles. The van der Waals surface area contributed by atoms with Crippen molar-refractivity contribution < 1.29 is 17.9 Å². The van der Waals surface area contributed by atoms with Crippen LogP contribution in [0.2, 0.25) is 5.02 Å². The highest BCUT2D eigenvalue weighted by Crippen LogP contribution is 2.14. The lowest BCUT2D eigenvalue weighted by Crippen LogP contribution is -2.34. The Hall–Kier alpha value is -2.09. The summed E-state index contributed by atoms with van der Waals surface area (Å²) in [5.74, 6) is 0.618. The highest BCUT2D eigenvalue weighted by Gasteiger charge is 2.13. The minimum atomic E-state index is -3.64. The van der Waals surface area contributed by atoms with Crippen LogP contribution < -0.4 is 14.8 Å². The van der Waals surface area contributed by atoms with Crippen molar-refractivity contribution in [1.29, 1.82) is 0 Å². The summed E-state index contributed by atoms with van der Waals surface area (Å²) in [6.45, 7) is 0.748. The van der Waals surface area contributed by atoms with Crippen LogP contribution in [0.1, 0.15) is 12.8 Å². The van der Waals surface area contributed by atoms with Gasteiger partial charge in [-0.05, 0) is 36.8 Å². The fourth-order valence-corrected chi connectivity index (χ4v) is 3.46. The monoisotopic (exact) mass is 396 g/mol. The van der Waals surface area contributed by atoms with E-state index in [1.165, 1.54) is 12.1 Å². The van der Waals surface area contributed by atoms with E-state index in [0.717, 1.165) is 5.75 Å². The van der Waals surface area contributed by atoms with Gasteiger partial charge in [0.15, 0.2) is 0 Å². The van der Waals surface area contributed by atoms with E-state index in [1.807, 2.05) is 30.3 Å².